The zero-order valence-electron chi connectivity index (χ0n) is 14.5. The number of nitrogens with zero attached hydrogens (tertiary/aromatic N) is 1. The second kappa shape index (κ2) is 8.01. The van der Waals surface area contributed by atoms with Crippen LogP contribution in [0.3, 0.4) is 0 Å². The van der Waals surface area contributed by atoms with Crippen LogP contribution in [-0.4, -0.2) is 11.0 Å². The van der Waals surface area contributed by atoms with Gasteiger partial charge in [0.05, 0.1) is 5.69 Å². The van der Waals surface area contributed by atoms with Crippen molar-refractivity contribution >= 4 is 11.9 Å². The van der Waals surface area contributed by atoms with Gasteiger partial charge in [0.1, 0.15) is 17.5 Å². The summed E-state index contributed by atoms with van der Waals surface area (Å²) in [6, 6.07) is 9.82. The Kier molecular flexibility index (Phi) is 5.74. The summed E-state index contributed by atoms with van der Waals surface area (Å²) in [6.45, 7) is 2.62. The predicted molar refractivity (Wildman–Crippen MR) is 99.6 cm³/mol. The minimum absolute atomic E-state index is 0.328. The first-order chi connectivity index (χ1) is 12.5. The van der Waals surface area contributed by atoms with E-state index in [1.54, 1.807) is 12.1 Å². The van der Waals surface area contributed by atoms with Crippen molar-refractivity contribution in [3.63, 3.8) is 0 Å². The lowest BCUT2D eigenvalue weighted by molar-refractivity contribution is 0.585. The molecule has 1 heterocycles. The van der Waals surface area contributed by atoms with Gasteiger partial charge in [-0.05, 0) is 66.9 Å². The first-order valence-electron chi connectivity index (χ1n) is 8.30. The molecule has 0 bridgehead atoms. The number of benzene rings is 2. The Labute approximate surface area is 155 Å². The molecule has 0 atom stereocenters. The third-order valence-corrected chi connectivity index (χ3v) is 5.02. The fraction of sp³-hybridized carbons (Fsp3) is 0.200. The van der Waals surface area contributed by atoms with Crippen molar-refractivity contribution in [2.75, 3.05) is 7.05 Å². The summed E-state index contributed by atoms with van der Waals surface area (Å²) in [7, 11) is 1.84. The van der Waals surface area contributed by atoms with E-state index >= 15 is 0 Å². The molecule has 3 aromatic rings. The highest BCUT2D eigenvalue weighted by Crippen LogP contribution is 2.36. The second-order valence-electron chi connectivity index (χ2n) is 5.86. The molecule has 1 N–H and O–H groups in total. The van der Waals surface area contributed by atoms with E-state index in [0.29, 0.717) is 29.1 Å². The molecule has 0 spiro atoms. The molecule has 136 valence electrons. The van der Waals surface area contributed by atoms with E-state index in [-0.39, 0.29) is 5.82 Å². The van der Waals surface area contributed by atoms with Crippen molar-refractivity contribution in [3.05, 3.63) is 77.2 Å². The van der Waals surface area contributed by atoms with E-state index in [1.807, 2.05) is 24.1 Å². The van der Waals surface area contributed by atoms with Crippen LogP contribution in [0.1, 0.15) is 18.1 Å². The topological polar surface area (TPSA) is 17.0 Å². The highest BCUT2D eigenvalue weighted by Gasteiger charge is 2.20. The van der Waals surface area contributed by atoms with Gasteiger partial charge in [-0.15, -0.1) is 0 Å². The normalized spacial score (nSPS) is 11.1. The zero-order valence-corrected chi connectivity index (χ0v) is 15.3. The number of hydrogen-bond acceptors (Lipinski definition) is 2. The molecule has 3 rings (SSSR count). The van der Waals surface area contributed by atoms with Crippen molar-refractivity contribution in [1.29, 1.82) is 0 Å². The zero-order chi connectivity index (χ0) is 18.7. The third-order valence-electron chi connectivity index (χ3n) is 4.07. The summed E-state index contributed by atoms with van der Waals surface area (Å²) in [6.07, 6.45) is 2.61. The van der Waals surface area contributed by atoms with Crippen LogP contribution in [0, 0.1) is 17.5 Å². The molecular formula is C20H19F3N2S. The van der Waals surface area contributed by atoms with E-state index in [9.17, 15) is 13.2 Å². The van der Waals surface area contributed by atoms with Crippen LogP contribution in [0.25, 0.3) is 11.3 Å². The molecule has 6 heteroatoms. The van der Waals surface area contributed by atoms with E-state index < -0.39 is 11.6 Å². The maximum absolute atomic E-state index is 14.5. The van der Waals surface area contributed by atoms with Gasteiger partial charge < -0.3 is 5.32 Å². The van der Waals surface area contributed by atoms with Gasteiger partial charge in [-0.3, -0.25) is 3.97 Å². The Morgan fingerprint density at radius 2 is 1.81 bits per heavy atom. The summed E-state index contributed by atoms with van der Waals surface area (Å²) < 4.78 is 43.2. The van der Waals surface area contributed by atoms with Crippen molar-refractivity contribution in [2.24, 2.45) is 0 Å². The summed E-state index contributed by atoms with van der Waals surface area (Å²) in [4.78, 5) is 0.697. The molecular weight excluding hydrogens is 357 g/mol. The molecule has 1 aromatic heterocycles. The molecule has 26 heavy (non-hydrogen) atoms. The van der Waals surface area contributed by atoms with Gasteiger partial charge >= 0.3 is 0 Å². The maximum atomic E-state index is 14.5. The maximum Gasteiger partial charge on any atom is 0.135 e. The van der Waals surface area contributed by atoms with Gasteiger partial charge in [-0.1, -0.05) is 13.0 Å². The van der Waals surface area contributed by atoms with Crippen molar-refractivity contribution < 1.29 is 13.2 Å². The van der Waals surface area contributed by atoms with Crippen LogP contribution in [0.15, 0.2) is 53.6 Å². The van der Waals surface area contributed by atoms with E-state index in [2.05, 4.69) is 5.32 Å². The van der Waals surface area contributed by atoms with Crippen molar-refractivity contribution in [2.45, 2.75) is 24.8 Å². The number of hydrogen-bond donors (Lipinski definition) is 1. The lowest BCUT2D eigenvalue weighted by Crippen LogP contribution is -2.06. The summed E-state index contributed by atoms with van der Waals surface area (Å²) in [5.41, 5.74) is 3.01. The Bertz CT molecular complexity index is 921. The van der Waals surface area contributed by atoms with Gasteiger partial charge in [0.15, 0.2) is 0 Å². The number of nitrogens with one attached hydrogen (secondary N) is 1. The highest BCUT2D eigenvalue weighted by atomic mass is 32.2. The lowest BCUT2D eigenvalue weighted by atomic mass is 10.0. The largest absolute Gasteiger partial charge is 0.316 e. The second-order valence-corrected chi connectivity index (χ2v) is 6.91. The lowest BCUT2D eigenvalue weighted by Gasteiger charge is -2.12. The Balaban J connectivity index is 2.16. The average molecular weight is 376 g/mol. The van der Waals surface area contributed by atoms with E-state index in [1.165, 1.54) is 36.2 Å². The van der Waals surface area contributed by atoms with Crippen LogP contribution in [0.2, 0.25) is 0 Å². The van der Waals surface area contributed by atoms with Crippen LogP contribution < -0.4 is 5.32 Å². The molecule has 0 aliphatic rings. The standard InChI is InChI=1S/C20H19F3N2S/c1-3-17-13(11-24-2)12-25(26-16-6-4-5-14(21)9-16)20(17)18-8-7-15(22)10-19(18)23/h4-10,12,24H,3,11H2,1-2H3. The van der Waals surface area contributed by atoms with Crippen molar-refractivity contribution in [3.8, 4) is 11.3 Å². The number of rotatable bonds is 6. The first kappa shape index (κ1) is 18.6. The molecule has 0 saturated heterocycles. The van der Waals surface area contributed by atoms with Gasteiger partial charge in [-0.25, -0.2) is 13.2 Å². The predicted octanol–water partition coefficient (Wildman–Crippen LogP) is 5.41. The average Bonchev–Trinajstić information content (AvgIpc) is 2.92. The molecule has 0 amide bonds. The fourth-order valence-electron chi connectivity index (χ4n) is 2.98. The molecule has 0 aliphatic heterocycles. The fourth-order valence-corrected chi connectivity index (χ4v) is 3.99. The highest BCUT2D eigenvalue weighted by molar-refractivity contribution is 7.98. The van der Waals surface area contributed by atoms with E-state index in [4.69, 9.17) is 0 Å². The molecule has 2 aromatic carbocycles. The number of halogens is 3. The summed E-state index contributed by atoms with van der Waals surface area (Å²) in [5.74, 6) is -1.56. The third kappa shape index (κ3) is 3.81. The quantitative estimate of drug-likeness (QED) is 0.620. The molecule has 0 radical (unpaired) electrons. The Morgan fingerprint density at radius 3 is 2.46 bits per heavy atom. The van der Waals surface area contributed by atoms with Crippen LogP contribution >= 0.6 is 11.9 Å². The Morgan fingerprint density at radius 1 is 1.04 bits per heavy atom. The van der Waals surface area contributed by atoms with Gasteiger partial charge in [-0.2, -0.15) is 0 Å². The van der Waals surface area contributed by atoms with Crippen LogP contribution in [-0.2, 0) is 13.0 Å². The van der Waals surface area contributed by atoms with Gasteiger partial charge in [0.2, 0.25) is 0 Å². The van der Waals surface area contributed by atoms with Crippen LogP contribution in [0.4, 0.5) is 13.2 Å². The minimum Gasteiger partial charge on any atom is -0.316 e. The molecule has 2 nitrogen and oxygen atoms in total. The molecule has 0 aliphatic carbocycles. The SMILES string of the molecule is CCc1c(CNC)cn(Sc2cccc(F)c2)c1-c1ccc(F)cc1F. The van der Waals surface area contributed by atoms with Gasteiger partial charge in [0.25, 0.3) is 0 Å². The van der Waals surface area contributed by atoms with Gasteiger partial charge in [0, 0.05) is 29.3 Å². The number of aromatic nitrogens is 1. The smallest absolute Gasteiger partial charge is 0.135 e. The summed E-state index contributed by atoms with van der Waals surface area (Å²) in [5, 5.41) is 3.11. The monoisotopic (exact) mass is 376 g/mol. The van der Waals surface area contributed by atoms with Crippen molar-refractivity contribution in [1.82, 2.24) is 9.29 Å². The molecule has 0 fully saturated rings. The summed E-state index contributed by atoms with van der Waals surface area (Å²) >= 11 is 1.30. The first-order valence-corrected chi connectivity index (χ1v) is 9.07. The molecule has 0 saturated carbocycles. The van der Waals surface area contributed by atoms with Crippen LogP contribution in [0.5, 0.6) is 0 Å². The molecule has 0 unspecified atom stereocenters. The Hall–Kier alpha value is -2.18. The minimum atomic E-state index is -0.616. The van der Waals surface area contributed by atoms with E-state index in [0.717, 1.165) is 17.2 Å².